The van der Waals surface area contributed by atoms with E-state index >= 15 is 0 Å². The van der Waals surface area contributed by atoms with Gasteiger partial charge in [-0.1, -0.05) is 24.8 Å². The van der Waals surface area contributed by atoms with E-state index < -0.39 is 0 Å². The van der Waals surface area contributed by atoms with Crippen LogP contribution in [0.5, 0.6) is 0 Å². The van der Waals surface area contributed by atoms with Crippen molar-refractivity contribution in [1.29, 1.82) is 5.41 Å². The van der Waals surface area contributed by atoms with Gasteiger partial charge in [0.2, 0.25) is 0 Å². The van der Waals surface area contributed by atoms with Crippen molar-refractivity contribution in [3.05, 3.63) is 54.9 Å². The molecule has 2 nitrogen and oxygen atoms in total. The fourth-order valence-corrected chi connectivity index (χ4v) is 0.772. The molecule has 0 fully saturated rings. The van der Waals surface area contributed by atoms with Crippen LogP contribution in [0.4, 0.5) is 0 Å². The second kappa shape index (κ2) is 4.23. The van der Waals surface area contributed by atoms with Crippen LogP contribution in [0.3, 0.4) is 0 Å². The third kappa shape index (κ3) is 2.16. The first kappa shape index (κ1) is 8.40. The van der Waals surface area contributed by atoms with E-state index in [1.165, 1.54) is 0 Å². The third-order valence-electron chi connectivity index (χ3n) is 1.34. The summed E-state index contributed by atoms with van der Waals surface area (Å²) in [7, 11) is 0. The Morgan fingerprint density at radius 2 is 2.33 bits per heavy atom. The van der Waals surface area contributed by atoms with E-state index in [0.717, 1.165) is 0 Å². The standard InChI is InChI=1S/C10H10N2/c1-2-3-6-9(11)10-7-4-5-8-12-10/h2-8,11H,1H2/b6-3-,11-9?. The molecule has 1 rings (SSSR count). The monoisotopic (exact) mass is 158 g/mol. The van der Waals surface area contributed by atoms with Crippen LogP contribution in [-0.4, -0.2) is 10.7 Å². The zero-order chi connectivity index (χ0) is 8.81. The maximum atomic E-state index is 7.54. The van der Waals surface area contributed by atoms with Gasteiger partial charge in [0.1, 0.15) is 0 Å². The first-order chi connectivity index (χ1) is 5.84. The molecule has 0 saturated heterocycles. The molecule has 2 heteroatoms. The van der Waals surface area contributed by atoms with Crippen molar-refractivity contribution in [3.8, 4) is 0 Å². The highest BCUT2D eigenvalue weighted by atomic mass is 14.7. The van der Waals surface area contributed by atoms with Crippen LogP contribution in [0.25, 0.3) is 0 Å². The molecule has 1 aromatic heterocycles. The molecule has 0 unspecified atom stereocenters. The summed E-state index contributed by atoms with van der Waals surface area (Å²) in [6, 6.07) is 5.49. The normalized spacial score (nSPS) is 10.0. The summed E-state index contributed by atoms with van der Waals surface area (Å²) in [5.41, 5.74) is 1.08. The number of hydrogen-bond donors (Lipinski definition) is 1. The largest absolute Gasteiger partial charge is 0.299 e. The van der Waals surface area contributed by atoms with Gasteiger partial charge in [0, 0.05) is 6.20 Å². The van der Waals surface area contributed by atoms with Gasteiger partial charge in [-0.15, -0.1) is 0 Å². The van der Waals surface area contributed by atoms with Gasteiger partial charge in [0.25, 0.3) is 0 Å². The van der Waals surface area contributed by atoms with E-state index in [2.05, 4.69) is 11.6 Å². The molecule has 0 aliphatic rings. The third-order valence-corrected chi connectivity index (χ3v) is 1.34. The highest BCUT2D eigenvalue weighted by Crippen LogP contribution is 1.95. The van der Waals surface area contributed by atoms with Gasteiger partial charge in [-0.2, -0.15) is 0 Å². The van der Waals surface area contributed by atoms with E-state index in [4.69, 9.17) is 5.41 Å². The summed E-state index contributed by atoms with van der Waals surface area (Å²) in [6.45, 7) is 3.52. The van der Waals surface area contributed by atoms with Crippen LogP contribution in [0, 0.1) is 5.41 Å². The van der Waals surface area contributed by atoms with E-state index in [9.17, 15) is 0 Å². The SMILES string of the molecule is C=C/C=C\C(=N)c1ccccn1. The Morgan fingerprint density at radius 3 is 2.92 bits per heavy atom. The van der Waals surface area contributed by atoms with Crippen molar-refractivity contribution < 1.29 is 0 Å². The lowest BCUT2D eigenvalue weighted by atomic mass is 10.2. The van der Waals surface area contributed by atoms with Crippen LogP contribution in [-0.2, 0) is 0 Å². The highest BCUT2D eigenvalue weighted by Gasteiger charge is 1.94. The Balaban J connectivity index is 2.79. The summed E-state index contributed by atoms with van der Waals surface area (Å²) >= 11 is 0. The van der Waals surface area contributed by atoms with Crippen LogP contribution < -0.4 is 0 Å². The molecular weight excluding hydrogens is 148 g/mol. The van der Waals surface area contributed by atoms with Crippen molar-refractivity contribution in [3.63, 3.8) is 0 Å². The molecule has 12 heavy (non-hydrogen) atoms. The molecule has 60 valence electrons. The van der Waals surface area contributed by atoms with E-state index in [-0.39, 0.29) is 0 Å². The predicted octanol–water partition coefficient (Wildman–Crippen LogP) is 2.19. The first-order valence-electron chi connectivity index (χ1n) is 3.63. The summed E-state index contributed by atoms with van der Waals surface area (Å²) in [5.74, 6) is 0. The van der Waals surface area contributed by atoms with Gasteiger partial charge < -0.3 is 0 Å². The Bertz CT molecular complexity index is 299. The van der Waals surface area contributed by atoms with Crippen molar-refractivity contribution in [2.45, 2.75) is 0 Å². The van der Waals surface area contributed by atoms with Gasteiger partial charge in [-0.05, 0) is 18.2 Å². The number of aromatic nitrogens is 1. The first-order valence-corrected chi connectivity index (χ1v) is 3.63. The zero-order valence-corrected chi connectivity index (χ0v) is 6.70. The van der Waals surface area contributed by atoms with Crippen LogP contribution in [0.15, 0.2) is 49.2 Å². The summed E-state index contributed by atoms with van der Waals surface area (Å²) < 4.78 is 0. The number of allylic oxidation sites excluding steroid dienone is 3. The Hall–Kier alpha value is -1.70. The Morgan fingerprint density at radius 1 is 1.50 bits per heavy atom. The summed E-state index contributed by atoms with van der Waals surface area (Å²) in [4.78, 5) is 4.02. The number of nitrogens with zero attached hydrogens (tertiary/aromatic N) is 1. The zero-order valence-electron chi connectivity index (χ0n) is 6.70. The molecule has 0 amide bonds. The second-order valence-electron chi connectivity index (χ2n) is 2.22. The maximum Gasteiger partial charge on any atom is 0.0878 e. The lowest BCUT2D eigenvalue weighted by Crippen LogP contribution is -1.96. The maximum absolute atomic E-state index is 7.54. The Labute approximate surface area is 71.8 Å². The number of hydrogen-bond acceptors (Lipinski definition) is 2. The van der Waals surface area contributed by atoms with Crippen LogP contribution in [0.2, 0.25) is 0 Å². The molecular formula is C10H10N2. The molecule has 0 aliphatic carbocycles. The van der Waals surface area contributed by atoms with Crippen molar-refractivity contribution in [2.24, 2.45) is 0 Å². The van der Waals surface area contributed by atoms with Crippen molar-refractivity contribution >= 4 is 5.71 Å². The number of rotatable bonds is 3. The summed E-state index contributed by atoms with van der Waals surface area (Å²) in [5, 5.41) is 7.54. The van der Waals surface area contributed by atoms with Gasteiger partial charge in [0.05, 0.1) is 11.4 Å². The molecule has 1 N–H and O–H groups in total. The number of pyridine rings is 1. The highest BCUT2D eigenvalue weighted by molar-refractivity contribution is 6.05. The molecule has 0 aliphatic heterocycles. The van der Waals surface area contributed by atoms with Gasteiger partial charge in [-0.3, -0.25) is 10.4 Å². The molecule has 0 radical (unpaired) electrons. The minimum atomic E-state index is 0.399. The van der Waals surface area contributed by atoms with E-state index in [1.807, 2.05) is 12.1 Å². The van der Waals surface area contributed by atoms with Gasteiger partial charge >= 0.3 is 0 Å². The van der Waals surface area contributed by atoms with Crippen LogP contribution >= 0.6 is 0 Å². The van der Waals surface area contributed by atoms with E-state index in [0.29, 0.717) is 11.4 Å². The smallest absolute Gasteiger partial charge is 0.0878 e. The molecule has 0 spiro atoms. The summed E-state index contributed by atoms with van der Waals surface area (Å²) in [6.07, 6.45) is 6.69. The fraction of sp³-hybridized carbons (Fsp3) is 0. The second-order valence-corrected chi connectivity index (χ2v) is 2.22. The van der Waals surface area contributed by atoms with Crippen LogP contribution in [0.1, 0.15) is 5.69 Å². The molecule has 0 bridgehead atoms. The van der Waals surface area contributed by atoms with Gasteiger partial charge in [-0.25, -0.2) is 0 Å². The lowest BCUT2D eigenvalue weighted by molar-refractivity contribution is 1.28. The fourth-order valence-electron chi connectivity index (χ4n) is 0.772. The van der Waals surface area contributed by atoms with Crippen molar-refractivity contribution in [1.82, 2.24) is 4.98 Å². The minimum Gasteiger partial charge on any atom is -0.299 e. The lowest BCUT2D eigenvalue weighted by Gasteiger charge is -1.94. The molecule has 0 aromatic carbocycles. The van der Waals surface area contributed by atoms with Gasteiger partial charge in [0.15, 0.2) is 0 Å². The topological polar surface area (TPSA) is 36.7 Å². The Kier molecular flexibility index (Phi) is 2.96. The minimum absolute atomic E-state index is 0.399. The predicted molar refractivity (Wildman–Crippen MR) is 50.4 cm³/mol. The van der Waals surface area contributed by atoms with E-state index in [1.54, 1.807) is 30.5 Å². The molecule has 0 saturated carbocycles. The average Bonchev–Trinajstić information content (AvgIpc) is 2.15. The quantitative estimate of drug-likeness (QED) is 0.531. The van der Waals surface area contributed by atoms with Crippen molar-refractivity contribution in [2.75, 3.05) is 0 Å². The number of nitrogens with one attached hydrogen (secondary N) is 1. The molecule has 0 atom stereocenters. The molecule has 1 aromatic rings. The molecule has 1 heterocycles. The average molecular weight is 158 g/mol.